The van der Waals surface area contributed by atoms with E-state index in [1.54, 1.807) is 11.8 Å². The van der Waals surface area contributed by atoms with Gasteiger partial charge < -0.3 is 0 Å². The highest BCUT2D eigenvalue weighted by Gasteiger charge is 2.06. The summed E-state index contributed by atoms with van der Waals surface area (Å²) in [5, 5.41) is 9.15. The van der Waals surface area contributed by atoms with E-state index in [1.165, 1.54) is 11.1 Å². The van der Waals surface area contributed by atoms with Crippen LogP contribution in [0, 0.1) is 11.3 Å². The van der Waals surface area contributed by atoms with Crippen molar-refractivity contribution in [3.63, 3.8) is 0 Å². The lowest BCUT2D eigenvalue weighted by Gasteiger charge is -2.07. The molecule has 0 radical (unpaired) electrons. The van der Waals surface area contributed by atoms with Gasteiger partial charge in [0.15, 0.2) is 0 Å². The van der Waals surface area contributed by atoms with Crippen molar-refractivity contribution in [1.29, 1.82) is 5.26 Å². The second kappa shape index (κ2) is 7.92. The van der Waals surface area contributed by atoms with E-state index in [2.05, 4.69) is 42.5 Å². The molecule has 116 valence electrons. The molecule has 0 bridgehead atoms. The molecule has 0 unspecified atom stereocenters. The topological polar surface area (TPSA) is 23.8 Å². The maximum Gasteiger partial charge on any atom is 0.0994 e. The maximum atomic E-state index is 9.15. The first-order valence-electron chi connectivity index (χ1n) is 7.58. The molecule has 0 saturated carbocycles. The summed E-state index contributed by atoms with van der Waals surface area (Å²) in [5.41, 5.74) is 5.16. The number of nitriles is 1. The zero-order valence-electron chi connectivity index (χ0n) is 13.0. The van der Waals surface area contributed by atoms with Crippen molar-refractivity contribution in [3.8, 4) is 17.2 Å². The van der Waals surface area contributed by atoms with Crippen molar-refractivity contribution < 1.29 is 0 Å². The van der Waals surface area contributed by atoms with Gasteiger partial charge in [0.1, 0.15) is 0 Å². The Labute approximate surface area is 152 Å². The van der Waals surface area contributed by atoms with E-state index >= 15 is 0 Å². The molecule has 0 amide bonds. The lowest BCUT2D eigenvalue weighted by Crippen LogP contribution is -1.94. The molecule has 3 heteroatoms. The van der Waals surface area contributed by atoms with Gasteiger partial charge in [-0.3, -0.25) is 0 Å². The number of thiocarbonyl (C=S) groups is 1. The minimum atomic E-state index is 0.711. The fourth-order valence-electron chi connectivity index (χ4n) is 2.41. The molecule has 0 aromatic heterocycles. The monoisotopic (exact) mass is 345 g/mol. The summed E-state index contributed by atoms with van der Waals surface area (Å²) in [6.45, 7) is 0. The van der Waals surface area contributed by atoms with Gasteiger partial charge >= 0.3 is 0 Å². The number of thioether (sulfide) groups is 1. The van der Waals surface area contributed by atoms with Gasteiger partial charge in [-0.15, -0.1) is 11.8 Å². The molecule has 0 heterocycles. The van der Waals surface area contributed by atoms with Gasteiger partial charge in [-0.05, 0) is 28.3 Å². The van der Waals surface area contributed by atoms with Gasteiger partial charge in [0.05, 0.1) is 15.8 Å². The van der Waals surface area contributed by atoms with Gasteiger partial charge in [-0.2, -0.15) is 5.26 Å². The van der Waals surface area contributed by atoms with E-state index in [0.29, 0.717) is 11.3 Å². The molecule has 0 atom stereocenters. The maximum absolute atomic E-state index is 9.15. The number of rotatable bonds is 4. The first-order chi connectivity index (χ1) is 11.8. The first kappa shape index (κ1) is 16.4. The Hall–Kier alpha value is -2.41. The molecular formula is C21H15NS2. The molecule has 0 aliphatic heterocycles. The third kappa shape index (κ3) is 3.91. The molecule has 3 aromatic rings. The smallest absolute Gasteiger partial charge is 0.0994 e. The summed E-state index contributed by atoms with van der Waals surface area (Å²) in [5.74, 6) is 0.711. The van der Waals surface area contributed by atoms with E-state index in [4.69, 9.17) is 17.5 Å². The lowest BCUT2D eigenvalue weighted by molar-refractivity contribution is 1.36. The van der Waals surface area contributed by atoms with Crippen LogP contribution in [-0.4, -0.2) is 4.20 Å². The van der Waals surface area contributed by atoms with Crippen molar-refractivity contribution in [3.05, 3.63) is 95.6 Å². The van der Waals surface area contributed by atoms with Crippen molar-refractivity contribution in [1.82, 2.24) is 0 Å². The summed E-state index contributed by atoms with van der Waals surface area (Å²) < 4.78 is 0.849. The average Bonchev–Trinajstić information content (AvgIpc) is 2.67. The van der Waals surface area contributed by atoms with Crippen LogP contribution in [0.15, 0.2) is 78.9 Å². The Bertz CT molecular complexity index is 878. The fraction of sp³-hybridized carbons (Fsp3) is 0.0476. The third-order valence-corrected chi connectivity index (χ3v) is 5.27. The van der Waals surface area contributed by atoms with Crippen LogP contribution in [-0.2, 0) is 5.75 Å². The van der Waals surface area contributed by atoms with Crippen LogP contribution < -0.4 is 0 Å². The second-order valence-corrected chi connectivity index (χ2v) is 6.94. The van der Waals surface area contributed by atoms with Crippen LogP contribution in [0.4, 0.5) is 0 Å². The van der Waals surface area contributed by atoms with E-state index in [9.17, 15) is 0 Å². The van der Waals surface area contributed by atoms with E-state index in [-0.39, 0.29) is 0 Å². The molecular weight excluding hydrogens is 330 g/mol. The van der Waals surface area contributed by atoms with Gasteiger partial charge in [0, 0.05) is 5.75 Å². The van der Waals surface area contributed by atoms with Crippen LogP contribution in [0.2, 0.25) is 0 Å². The van der Waals surface area contributed by atoms with Crippen LogP contribution in [0.25, 0.3) is 11.1 Å². The Morgan fingerprint density at radius 1 is 0.833 bits per heavy atom. The number of hydrogen-bond donors (Lipinski definition) is 0. The highest BCUT2D eigenvalue weighted by atomic mass is 32.2. The minimum Gasteiger partial charge on any atom is -0.192 e. The highest BCUT2D eigenvalue weighted by Crippen LogP contribution is 2.24. The highest BCUT2D eigenvalue weighted by molar-refractivity contribution is 8.23. The van der Waals surface area contributed by atoms with Gasteiger partial charge in [-0.25, -0.2) is 0 Å². The summed E-state index contributed by atoms with van der Waals surface area (Å²) in [4.78, 5) is 0. The van der Waals surface area contributed by atoms with E-state index in [0.717, 1.165) is 15.3 Å². The SMILES string of the molecule is N#Cc1ccccc1CSC(=S)c1ccc(-c2ccccc2)cc1. The van der Waals surface area contributed by atoms with Crippen LogP contribution in [0.3, 0.4) is 0 Å². The molecule has 0 aliphatic rings. The summed E-state index contributed by atoms with van der Waals surface area (Å²) in [6.07, 6.45) is 0. The molecule has 0 N–H and O–H groups in total. The van der Waals surface area contributed by atoms with Crippen LogP contribution >= 0.6 is 24.0 Å². The van der Waals surface area contributed by atoms with Crippen molar-refractivity contribution in [2.24, 2.45) is 0 Å². The quantitative estimate of drug-likeness (QED) is 0.556. The molecule has 3 rings (SSSR count). The van der Waals surface area contributed by atoms with Crippen molar-refractivity contribution in [2.75, 3.05) is 0 Å². The van der Waals surface area contributed by atoms with E-state index < -0.39 is 0 Å². The number of hydrogen-bond acceptors (Lipinski definition) is 3. The largest absolute Gasteiger partial charge is 0.192 e. The number of benzene rings is 3. The zero-order chi connectivity index (χ0) is 16.8. The molecule has 0 spiro atoms. The molecule has 3 aromatic carbocycles. The summed E-state index contributed by atoms with van der Waals surface area (Å²) in [6, 6.07) is 28.5. The Morgan fingerprint density at radius 3 is 2.17 bits per heavy atom. The predicted molar refractivity (Wildman–Crippen MR) is 106 cm³/mol. The average molecular weight is 345 g/mol. The Balaban J connectivity index is 1.69. The summed E-state index contributed by atoms with van der Waals surface area (Å²) >= 11 is 7.13. The van der Waals surface area contributed by atoms with Crippen LogP contribution in [0.1, 0.15) is 16.7 Å². The van der Waals surface area contributed by atoms with Gasteiger partial charge in [0.25, 0.3) is 0 Å². The molecule has 0 saturated heterocycles. The zero-order valence-corrected chi connectivity index (χ0v) is 14.6. The summed E-state index contributed by atoms with van der Waals surface area (Å²) in [7, 11) is 0. The predicted octanol–water partition coefficient (Wildman–Crippen LogP) is 5.83. The molecule has 24 heavy (non-hydrogen) atoms. The van der Waals surface area contributed by atoms with Gasteiger partial charge in [0.2, 0.25) is 0 Å². The fourth-order valence-corrected chi connectivity index (χ4v) is 3.57. The standard InChI is InChI=1S/C21H15NS2/c22-14-19-8-4-5-9-20(19)15-24-21(23)18-12-10-17(11-13-18)16-6-2-1-3-7-16/h1-13H,15H2. The molecule has 0 fully saturated rings. The lowest BCUT2D eigenvalue weighted by atomic mass is 10.0. The van der Waals surface area contributed by atoms with Crippen LogP contribution in [0.5, 0.6) is 0 Å². The molecule has 1 nitrogen and oxygen atoms in total. The Kier molecular flexibility index (Phi) is 5.43. The van der Waals surface area contributed by atoms with Crippen molar-refractivity contribution in [2.45, 2.75) is 5.75 Å². The molecule has 0 aliphatic carbocycles. The third-order valence-electron chi connectivity index (χ3n) is 3.72. The van der Waals surface area contributed by atoms with Gasteiger partial charge in [-0.1, -0.05) is 85.0 Å². The first-order valence-corrected chi connectivity index (χ1v) is 8.98. The second-order valence-electron chi connectivity index (χ2n) is 5.29. The Morgan fingerprint density at radius 2 is 1.46 bits per heavy atom. The normalized spacial score (nSPS) is 10.1. The van der Waals surface area contributed by atoms with Crippen molar-refractivity contribution >= 4 is 28.2 Å². The van der Waals surface area contributed by atoms with E-state index in [1.807, 2.05) is 42.5 Å². The number of nitrogens with zero attached hydrogens (tertiary/aromatic N) is 1. The minimum absolute atomic E-state index is 0.711.